The Balaban J connectivity index is 1.16. The van der Waals surface area contributed by atoms with E-state index in [1.807, 2.05) is 0 Å². The van der Waals surface area contributed by atoms with Gasteiger partial charge in [-0.1, -0.05) is 244 Å². The van der Waals surface area contributed by atoms with E-state index < -0.39 is 0 Å². The Bertz CT molecular complexity index is 3380. The van der Waals surface area contributed by atoms with E-state index in [0.717, 1.165) is 17.1 Å². The van der Waals surface area contributed by atoms with Crippen molar-refractivity contribution in [3.63, 3.8) is 0 Å². The molecule has 0 saturated heterocycles. The Morgan fingerprint density at radius 1 is 0.254 bits per heavy atom. The zero-order valence-electron chi connectivity index (χ0n) is 37.7. The Morgan fingerprint density at radius 3 is 1.01 bits per heavy atom. The Morgan fingerprint density at radius 2 is 0.582 bits per heavy atom. The fourth-order valence-electron chi connectivity index (χ4n) is 11.3. The van der Waals surface area contributed by atoms with Gasteiger partial charge in [0.25, 0.3) is 0 Å². The summed E-state index contributed by atoms with van der Waals surface area (Å²) in [6.07, 6.45) is 6.41. The first-order valence-electron chi connectivity index (χ1n) is 24.0. The van der Waals surface area contributed by atoms with E-state index in [0.29, 0.717) is 5.92 Å². The lowest BCUT2D eigenvalue weighted by molar-refractivity contribution is 0.445. The summed E-state index contributed by atoms with van der Waals surface area (Å²) in [5, 5.41) is 7.62. The first-order chi connectivity index (χ1) is 33.3. The molecule has 0 N–H and O–H groups in total. The van der Waals surface area contributed by atoms with Crippen LogP contribution in [0.5, 0.6) is 0 Å². The van der Waals surface area contributed by atoms with Crippen LogP contribution in [0.2, 0.25) is 0 Å². The quantitative estimate of drug-likeness (QED) is 0.140. The minimum absolute atomic E-state index is 0.554. The van der Waals surface area contributed by atoms with Crippen LogP contribution in [0.25, 0.3) is 88.0 Å². The number of hydrogen-bond acceptors (Lipinski definition) is 1. The molecule has 0 spiro atoms. The average molecular weight is 858 g/mol. The van der Waals surface area contributed by atoms with E-state index in [4.69, 9.17) is 0 Å². The van der Waals surface area contributed by atoms with Gasteiger partial charge in [0.05, 0.1) is 17.1 Å². The molecule has 0 amide bonds. The second-order valence-electron chi connectivity index (χ2n) is 18.1. The molecule has 11 aromatic carbocycles. The first-order valence-corrected chi connectivity index (χ1v) is 24.0. The van der Waals surface area contributed by atoms with E-state index in [1.54, 1.807) is 0 Å². The van der Waals surface area contributed by atoms with Crippen LogP contribution in [0.1, 0.15) is 43.6 Å². The maximum Gasteiger partial charge on any atom is 0.0540 e. The molecule has 320 valence electrons. The van der Waals surface area contributed by atoms with E-state index in [1.165, 1.54) is 126 Å². The second-order valence-corrected chi connectivity index (χ2v) is 18.1. The SMILES string of the molecule is c1ccc(-c2cccc3cccc(-c4ccccc4N(c4ccccc4-c4cccc5cccc(-c6ccccc6)c45)c4ccccc4-c4cccc5cccc(C6CCCCC6)c45)c23)cc1. The summed E-state index contributed by atoms with van der Waals surface area (Å²) in [6.45, 7) is 0. The van der Waals surface area contributed by atoms with Crippen molar-refractivity contribution in [2.24, 2.45) is 0 Å². The zero-order chi connectivity index (χ0) is 44.5. The monoisotopic (exact) mass is 857 g/mol. The molecule has 0 heterocycles. The molecule has 1 aliphatic carbocycles. The standard InChI is InChI=1S/C66H51N/c1-4-22-46(23-5-1)52-37-16-28-49-31-19-40-58(64(49)52)55-34-10-13-43-61(55)67(62-44-14-11-35-56(62)59-41-20-32-50-29-17-38-53(65(50)59)47-24-6-2-7-25-47)63-45-15-12-36-57(63)60-42-21-33-51-30-18-39-54(66(51)60)48-26-8-3-9-27-48/h1-2,4-7,10-25,28-45,48H,3,8-9,26-27H2. The smallest absolute Gasteiger partial charge is 0.0540 e. The summed E-state index contributed by atoms with van der Waals surface area (Å²) < 4.78 is 0. The summed E-state index contributed by atoms with van der Waals surface area (Å²) in [5.41, 5.74) is 17.0. The van der Waals surface area contributed by atoms with Crippen molar-refractivity contribution < 1.29 is 0 Å². The minimum atomic E-state index is 0.554. The van der Waals surface area contributed by atoms with E-state index in [2.05, 4.69) is 248 Å². The van der Waals surface area contributed by atoms with Crippen molar-refractivity contribution in [2.45, 2.75) is 38.0 Å². The van der Waals surface area contributed by atoms with Crippen LogP contribution in [-0.4, -0.2) is 0 Å². The molecule has 12 rings (SSSR count). The Hall–Kier alpha value is -8.00. The van der Waals surface area contributed by atoms with Crippen LogP contribution in [0.3, 0.4) is 0 Å². The van der Waals surface area contributed by atoms with Crippen LogP contribution in [-0.2, 0) is 0 Å². The number of benzene rings is 11. The molecule has 0 aromatic heterocycles. The van der Waals surface area contributed by atoms with Crippen LogP contribution in [0.15, 0.2) is 243 Å². The number of fused-ring (bicyclic) bond motifs is 3. The number of rotatable bonds is 9. The zero-order valence-corrected chi connectivity index (χ0v) is 37.7. The molecule has 0 unspecified atom stereocenters. The highest BCUT2D eigenvalue weighted by atomic mass is 15.1. The number of anilines is 3. The lowest BCUT2D eigenvalue weighted by Gasteiger charge is -2.32. The van der Waals surface area contributed by atoms with Gasteiger partial charge in [-0.05, 0) is 114 Å². The molecule has 0 bridgehead atoms. The van der Waals surface area contributed by atoms with Crippen LogP contribution in [0.4, 0.5) is 17.1 Å². The number of para-hydroxylation sites is 3. The van der Waals surface area contributed by atoms with Gasteiger partial charge in [-0.2, -0.15) is 0 Å². The van der Waals surface area contributed by atoms with Gasteiger partial charge in [0.2, 0.25) is 0 Å². The highest BCUT2D eigenvalue weighted by molar-refractivity contribution is 6.12. The lowest BCUT2D eigenvalue weighted by Crippen LogP contribution is -2.14. The van der Waals surface area contributed by atoms with Crippen molar-refractivity contribution in [1.29, 1.82) is 0 Å². The fraction of sp³-hybridized carbons (Fsp3) is 0.0909. The topological polar surface area (TPSA) is 3.24 Å². The van der Waals surface area contributed by atoms with Crippen molar-refractivity contribution >= 4 is 49.4 Å². The molecule has 1 aliphatic rings. The summed E-state index contributed by atoms with van der Waals surface area (Å²) in [7, 11) is 0. The third-order valence-corrected chi connectivity index (χ3v) is 14.3. The van der Waals surface area contributed by atoms with Gasteiger partial charge in [-0.25, -0.2) is 0 Å². The summed E-state index contributed by atoms with van der Waals surface area (Å²) in [6, 6.07) is 90.0. The fourth-order valence-corrected chi connectivity index (χ4v) is 11.3. The third-order valence-electron chi connectivity index (χ3n) is 14.3. The van der Waals surface area contributed by atoms with E-state index in [-0.39, 0.29) is 0 Å². The van der Waals surface area contributed by atoms with Gasteiger partial charge in [-0.15, -0.1) is 0 Å². The van der Waals surface area contributed by atoms with Gasteiger partial charge >= 0.3 is 0 Å². The molecular weight excluding hydrogens is 807 g/mol. The Kier molecular flexibility index (Phi) is 10.7. The van der Waals surface area contributed by atoms with Crippen molar-refractivity contribution in [3.8, 4) is 55.6 Å². The average Bonchev–Trinajstić information content (AvgIpc) is 3.41. The third kappa shape index (κ3) is 7.38. The second kappa shape index (κ2) is 17.8. The van der Waals surface area contributed by atoms with Crippen LogP contribution in [0, 0.1) is 0 Å². The Labute approximate surface area is 394 Å². The van der Waals surface area contributed by atoms with Gasteiger partial charge in [0.15, 0.2) is 0 Å². The molecule has 1 saturated carbocycles. The summed E-state index contributed by atoms with van der Waals surface area (Å²) in [4.78, 5) is 2.58. The predicted molar refractivity (Wildman–Crippen MR) is 287 cm³/mol. The molecule has 11 aromatic rings. The molecule has 67 heavy (non-hydrogen) atoms. The van der Waals surface area contributed by atoms with Crippen molar-refractivity contribution in [2.75, 3.05) is 4.90 Å². The largest absolute Gasteiger partial charge is 0.309 e. The van der Waals surface area contributed by atoms with Gasteiger partial charge in [0.1, 0.15) is 0 Å². The maximum absolute atomic E-state index is 2.58. The maximum atomic E-state index is 2.58. The van der Waals surface area contributed by atoms with Crippen LogP contribution >= 0.6 is 0 Å². The van der Waals surface area contributed by atoms with Crippen molar-refractivity contribution in [1.82, 2.24) is 0 Å². The van der Waals surface area contributed by atoms with E-state index in [9.17, 15) is 0 Å². The highest BCUT2D eigenvalue weighted by Gasteiger charge is 2.27. The summed E-state index contributed by atoms with van der Waals surface area (Å²) >= 11 is 0. The lowest BCUT2D eigenvalue weighted by atomic mass is 9.80. The van der Waals surface area contributed by atoms with Gasteiger partial charge in [-0.3, -0.25) is 0 Å². The van der Waals surface area contributed by atoms with Crippen molar-refractivity contribution in [3.05, 3.63) is 248 Å². The molecular formula is C66H51N. The normalized spacial score (nSPS) is 13.0. The highest BCUT2D eigenvalue weighted by Crippen LogP contribution is 2.52. The van der Waals surface area contributed by atoms with E-state index >= 15 is 0 Å². The minimum Gasteiger partial charge on any atom is -0.309 e. The first kappa shape index (κ1) is 40.5. The van der Waals surface area contributed by atoms with Crippen LogP contribution < -0.4 is 4.90 Å². The molecule has 1 heteroatoms. The van der Waals surface area contributed by atoms with Gasteiger partial charge < -0.3 is 4.90 Å². The molecule has 0 aliphatic heterocycles. The predicted octanol–water partition coefficient (Wildman–Crippen LogP) is 19.0. The molecule has 1 fully saturated rings. The molecule has 0 radical (unpaired) electrons. The number of nitrogens with zero attached hydrogens (tertiary/aromatic N) is 1. The number of hydrogen-bond donors (Lipinski definition) is 0. The molecule has 1 nitrogen and oxygen atoms in total. The van der Waals surface area contributed by atoms with Gasteiger partial charge in [0, 0.05) is 16.7 Å². The summed E-state index contributed by atoms with van der Waals surface area (Å²) in [5.74, 6) is 0.554. The molecule has 0 atom stereocenters.